The van der Waals surface area contributed by atoms with Gasteiger partial charge in [0.25, 0.3) is 0 Å². The molecule has 0 radical (unpaired) electrons. The molecule has 0 amide bonds. The van der Waals surface area contributed by atoms with E-state index in [4.69, 9.17) is 4.74 Å². The van der Waals surface area contributed by atoms with Crippen LogP contribution in [0.3, 0.4) is 0 Å². The Hall–Kier alpha value is -1.55. The molecular weight excluding hydrogens is 298 g/mol. The van der Waals surface area contributed by atoms with Gasteiger partial charge in [-0.25, -0.2) is 0 Å². The highest BCUT2D eigenvalue weighted by Crippen LogP contribution is 2.31. The molecule has 1 saturated heterocycles. The largest absolute Gasteiger partial charge is 0.494 e. The zero-order chi connectivity index (χ0) is 16.4. The first-order valence-corrected chi connectivity index (χ1v) is 9.62. The highest BCUT2D eigenvalue weighted by Gasteiger charge is 2.27. The van der Waals surface area contributed by atoms with Gasteiger partial charge in [0.2, 0.25) is 0 Å². The number of benzene rings is 1. The molecule has 4 rings (SSSR count). The van der Waals surface area contributed by atoms with Gasteiger partial charge >= 0.3 is 0 Å². The van der Waals surface area contributed by atoms with Gasteiger partial charge in [-0.05, 0) is 75.8 Å². The van der Waals surface area contributed by atoms with E-state index in [1.807, 2.05) is 0 Å². The summed E-state index contributed by atoms with van der Waals surface area (Å²) in [5, 5.41) is 4.57. The van der Waals surface area contributed by atoms with E-state index in [1.165, 1.54) is 49.1 Å². The van der Waals surface area contributed by atoms with Crippen molar-refractivity contribution in [1.29, 1.82) is 0 Å². The van der Waals surface area contributed by atoms with Crippen LogP contribution < -0.4 is 10.2 Å². The van der Waals surface area contributed by atoms with Crippen LogP contribution in [0.1, 0.15) is 50.2 Å². The van der Waals surface area contributed by atoms with Gasteiger partial charge in [0, 0.05) is 30.6 Å². The van der Waals surface area contributed by atoms with Crippen LogP contribution in [-0.2, 0) is 6.42 Å². The monoisotopic (exact) mass is 327 g/mol. The van der Waals surface area contributed by atoms with Crippen molar-refractivity contribution < 1.29 is 4.74 Å². The van der Waals surface area contributed by atoms with Crippen LogP contribution in [0.5, 0.6) is 5.75 Å². The summed E-state index contributed by atoms with van der Waals surface area (Å²) < 4.78 is 6.02. The number of nitrogens with zero attached hydrogens (tertiary/aromatic N) is 2. The van der Waals surface area contributed by atoms with Crippen LogP contribution in [0, 0.1) is 5.92 Å². The first kappa shape index (κ1) is 15.9. The molecule has 1 aliphatic carbocycles. The maximum absolute atomic E-state index is 6.02. The van der Waals surface area contributed by atoms with Gasteiger partial charge < -0.3 is 15.1 Å². The van der Waals surface area contributed by atoms with E-state index in [1.54, 1.807) is 0 Å². The summed E-state index contributed by atoms with van der Waals surface area (Å²) in [6, 6.07) is 7.33. The van der Waals surface area contributed by atoms with Gasteiger partial charge in [-0.2, -0.15) is 5.10 Å². The highest BCUT2D eigenvalue weighted by atomic mass is 16.5. The summed E-state index contributed by atoms with van der Waals surface area (Å²) in [5.74, 6) is 1.67. The molecule has 0 saturated carbocycles. The Morgan fingerprint density at radius 2 is 2.25 bits per heavy atom. The first-order chi connectivity index (χ1) is 11.8. The zero-order valence-electron chi connectivity index (χ0n) is 14.8. The number of aryl methyl sites for hydroxylation is 1. The van der Waals surface area contributed by atoms with Crippen LogP contribution in [0.2, 0.25) is 0 Å². The Morgan fingerprint density at radius 3 is 3.12 bits per heavy atom. The number of nitrogens with one attached hydrogen (secondary N) is 1. The molecule has 4 heteroatoms. The fourth-order valence-corrected chi connectivity index (χ4v) is 4.40. The third-order valence-corrected chi connectivity index (χ3v) is 5.85. The number of likely N-dealkylation sites (tertiary alicyclic amines) is 1. The molecule has 4 nitrogen and oxygen atoms in total. The van der Waals surface area contributed by atoms with E-state index >= 15 is 0 Å². The molecule has 1 N–H and O–H groups in total. The molecule has 0 spiro atoms. The number of hydrogen-bond donors (Lipinski definition) is 1. The topological polar surface area (TPSA) is 36.9 Å². The van der Waals surface area contributed by atoms with E-state index in [2.05, 4.69) is 40.5 Å². The second kappa shape index (κ2) is 7.14. The van der Waals surface area contributed by atoms with E-state index < -0.39 is 0 Å². The molecule has 24 heavy (non-hydrogen) atoms. The predicted molar refractivity (Wildman–Crippen MR) is 97.8 cm³/mol. The molecule has 1 fully saturated rings. The quantitative estimate of drug-likeness (QED) is 0.844. The van der Waals surface area contributed by atoms with Crippen molar-refractivity contribution in [3.05, 3.63) is 29.3 Å². The van der Waals surface area contributed by atoms with Crippen LogP contribution in [0.15, 0.2) is 23.3 Å². The van der Waals surface area contributed by atoms with E-state index in [9.17, 15) is 0 Å². The van der Waals surface area contributed by atoms with Crippen LogP contribution >= 0.6 is 0 Å². The summed E-state index contributed by atoms with van der Waals surface area (Å²) in [6.45, 7) is 6.59. The average molecular weight is 327 g/mol. The lowest BCUT2D eigenvalue weighted by molar-refractivity contribution is 0.230. The Morgan fingerprint density at radius 1 is 1.29 bits per heavy atom. The van der Waals surface area contributed by atoms with Crippen molar-refractivity contribution in [2.24, 2.45) is 11.0 Å². The summed E-state index contributed by atoms with van der Waals surface area (Å²) in [4.78, 5) is 2.59. The van der Waals surface area contributed by atoms with Gasteiger partial charge in [-0.15, -0.1) is 0 Å². The SMILES string of the molecule is C[C@@H]1CCCN1CCCOc1ccc2c(c1)CCC1CCNN=C21. The Kier molecular flexibility index (Phi) is 4.74. The maximum atomic E-state index is 6.02. The van der Waals surface area contributed by atoms with E-state index in [0.29, 0.717) is 5.92 Å². The molecule has 1 aromatic carbocycles. The molecule has 1 unspecified atom stereocenters. The Bertz CT molecular complexity index is 613. The van der Waals surface area contributed by atoms with Crippen molar-refractivity contribution in [2.75, 3.05) is 26.2 Å². The predicted octanol–water partition coefficient (Wildman–Crippen LogP) is 3.20. The van der Waals surface area contributed by atoms with Gasteiger partial charge in [-0.3, -0.25) is 0 Å². The molecular formula is C20H29N3O. The maximum Gasteiger partial charge on any atom is 0.119 e. The Balaban J connectivity index is 1.33. The van der Waals surface area contributed by atoms with Gasteiger partial charge in [0.1, 0.15) is 5.75 Å². The normalized spacial score (nSPS) is 26.3. The molecule has 2 heterocycles. The zero-order valence-corrected chi connectivity index (χ0v) is 14.8. The smallest absolute Gasteiger partial charge is 0.119 e. The van der Waals surface area contributed by atoms with Crippen LogP contribution in [0.25, 0.3) is 0 Å². The third-order valence-electron chi connectivity index (χ3n) is 5.85. The first-order valence-electron chi connectivity index (χ1n) is 9.62. The van der Waals surface area contributed by atoms with E-state index in [0.717, 1.165) is 44.3 Å². The van der Waals surface area contributed by atoms with Crippen molar-refractivity contribution in [1.82, 2.24) is 10.3 Å². The summed E-state index contributed by atoms with van der Waals surface area (Å²) in [6.07, 6.45) is 7.41. The van der Waals surface area contributed by atoms with Crippen LogP contribution in [0.4, 0.5) is 0 Å². The van der Waals surface area contributed by atoms with Gasteiger partial charge in [0.15, 0.2) is 0 Å². The number of ether oxygens (including phenoxy) is 1. The molecule has 0 aromatic heterocycles. The van der Waals surface area contributed by atoms with Crippen LogP contribution in [-0.4, -0.2) is 42.9 Å². The third kappa shape index (κ3) is 3.30. The van der Waals surface area contributed by atoms with Crippen molar-refractivity contribution >= 4 is 5.71 Å². The summed E-state index contributed by atoms with van der Waals surface area (Å²) >= 11 is 0. The van der Waals surface area contributed by atoms with Gasteiger partial charge in [0.05, 0.1) is 12.3 Å². The van der Waals surface area contributed by atoms with Gasteiger partial charge in [-0.1, -0.05) is 0 Å². The second-order valence-electron chi connectivity index (χ2n) is 7.48. The standard InChI is InChI=1S/C20H29N3O/c1-15-4-2-11-23(15)12-3-13-24-18-7-8-19-17(14-18)6-5-16-9-10-21-22-20(16)19/h7-8,14-16,21H,2-6,9-13H2,1H3/t15-,16?/m1/s1. The summed E-state index contributed by atoms with van der Waals surface area (Å²) in [5.41, 5.74) is 7.16. The van der Waals surface area contributed by atoms with Crippen molar-refractivity contribution in [3.63, 3.8) is 0 Å². The molecule has 0 bridgehead atoms. The highest BCUT2D eigenvalue weighted by molar-refractivity contribution is 6.04. The fourth-order valence-electron chi connectivity index (χ4n) is 4.40. The van der Waals surface area contributed by atoms with Crippen molar-refractivity contribution in [2.45, 2.75) is 51.5 Å². The minimum Gasteiger partial charge on any atom is -0.494 e. The molecule has 2 aliphatic heterocycles. The lowest BCUT2D eigenvalue weighted by Crippen LogP contribution is -2.32. The van der Waals surface area contributed by atoms with E-state index in [-0.39, 0.29) is 0 Å². The minimum atomic E-state index is 0.646. The minimum absolute atomic E-state index is 0.646. The number of fused-ring (bicyclic) bond motifs is 3. The Labute approximate surface area is 145 Å². The average Bonchev–Trinajstić information content (AvgIpc) is 3.03. The second-order valence-corrected chi connectivity index (χ2v) is 7.48. The fraction of sp³-hybridized carbons (Fsp3) is 0.650. The van der Waals surface area contributed by atoms with Crippen molar-refractivity contribution in [3.8, 4) is 5.75 Å². The summed E-state index contributed by atoms with van der Waals surface area (Å²) in [7, 11) is 0. The molecule has 3 aliphatic rings. The number of hydrazone groups is 1. The number of hydrogen-bond acceptors (Lipinski definition) is 4. The molecule has 130 valence electrons. The lowest BCUT2D eigenvalue weighted by atomic mass is 9.80. The number of rotatable bonds is 5. The lowest BCUT2D eigenvalue weighted by Gasteiger charge is -2.30. The molecule has 1 aromatic rings. The molecule has 2 atom stereocenters.